The Bertz CT molecular complexity index is 558. The average molecular weight is 256 g/mol. The maximum Gasteiger partial charge on any atom is 0.0858 e. The monoisotopic (exact) mass is 256 g/mol. The normalized spacial score (nSPS) is 15.2. The molecule has 1 unspecified atom stereocenters. The molecule has 0 saturated carbocycles. The van der Waals surface area contributed by atoms with Gasteiger partial charge in [-0.2, -0.15) is 0 Å². The maximum absolute atomic E-state index is 12.5. The predicted octanol–water partition coefficient (Wildman–Crippen LogP) is 3.92. The second-order valence-electron chi connectivity index (χ2n) is 4.64. The van der Waals surface area contributed by atoms with E-state index in [1.165, 1.54) is 22.3 Å². The Labute approximate surface area is 110 Å². The van der Waals surface area contributed by atoms with E-state index in [9.17, 15) is 4.21 Å². The number of fused-ring (bicyclic) bond motifs is 3. The van der Waals surface area contributed by atoms with E-state index in [1.807, 2.05) is 12.1 Å². The van der Waals surface area contributed by atoms with E-state index in [-0.39, 0.29) is 5.25 Å². The molecule has 2 aromatic carbocycles. The molecule has 1 aliphatic carbocycles. The molecule has 0 amide bonds. The summed E-state index contributed by atoms with van der Waals surface area (Å²) < 4.78 is 12.5. The maximum atomic E-state index is 12.5. The number of hydrogen-bond donors (Lipinski definition) is 0. The first-order valence-electron chi connectivity index (χ1n) is 6.38. The molecule has 1 nitrogen and oxygen atoms in total. The summed E-state index contributed by atoms with van der Waals surface area (Å²) in [5.41, 5.74) is 4.96. The van der Waals surface area contributed by atoms with Gasteiger partial charge in [-0.3, -0.25) is 4.21 Å². The number of benzene rings is 2. The van der Waals surface area contributed by atoms with Crippen molar-refractivity contribution in [3.05, 3.63) is 59.7 Å². The van der Waals surface area contributed by atoms with Crippen LogP contribution in [0.4, 0.5) is 0 Å². The molecule has 0 saturated heterocycles. The molecule has 0 bridgehead atoms. The van der Waals surface area contributed by atoms with Crippen LogP contribution in [0.15, 0.2) is 48.5 Å². The van der Waals surface area contributed by atoms with Crippen molar-refractivity contribution in [3.8, 4) is 11.1 Å². The zero-order chi connectivity index (χ0) is 12.5. The average Bonchev–Trinajstić information content (AvgIpc) is 2.73. The van der Waals surface area contributed by atoms with Gasteiger partial charge >= 0.3 is 0 Å². The van der Waals surface area contributed by atoms with Gasteiger partial charge in [-0.15, -0.1) is 0 Å². The van der Waals surface area contributed by atoms with Gasteiger partial charge < -0.3 is 0 Å². The largest absolute Gasteiger partial charge is 0.259 e. The van der Waals surface area contributed by atoms with E-state index in [0.717, 1.165) is 12.2 Å². The van der Waals surface area contributed by atoms with Crippen LogP contribution in [0.3, 0.4) is 0 Å². The molecular formula is C16H16OS. The molecule has 0 N–H and O–H groups in total. The molecule has 1 aliphatic rings. The Kier molecular flexibility index (Phi) is 3.04. The molecule has 0 radical (unpaired) electrons. The topological polar surface area (TPSA) is 17.1 Å². The first kappa shape index (κ1) is 11.7. The van der Waals surface area contributed by atoms with Crippen LogP contribution in [-0.2, 0) is 10.8 Å². The zero-order valence-electron chi connectivity index (χ0n) is 10.4. The Morgan fingerprint density at radius 2 is 1.44 bits per heavy atom. The van der Waals surface area contributed by atoms with E-state index in [2.05, 4.69) is 43.3 Å². The molecule has 92 valence electrons. The van der Waals surface area contributed by atoms with Gasteiger partial charge in [0.2, 0.25) is 0 Å². The highest BCUT2D eigenvalue weighted by Crippen LogP contribution is 2.46. The zero-order valence-corrected chi connectivity index (χ0v) is 11.2. The van der Waals surface area contributed by atoms with Gasteiger partial charge in [-0.1, -0.05) is 55.5 Å². The molecule has 0 aliphatic heterocycles. The molecule has 1 atom stereocenters. The SMILES string of the molecule is CCCS(=O)C1c2ccccc2-c2ccccc21. The Balaban J connectivity index is 2.18. The summed E-state index contributed by atoms with van der Waals surface area (Å²) in [5, 5.41) is 0.0670. The molecule has 2 heteroatoms. The van der Waals surface area contributed by atoms with Crippen molar-refractivity contribution in [1.82, 2.24) is 0 Å². The molecule has 0 aromatic heterocycles. The fourth-order valence-corrected chi connectivity index (χ4v) is 4.33. The van der Waals surface area contributed by atoms with Gasteiger partial charge in [0.25, 0.3) is 0 Å². The van der Waals surface area contributed by atoms with Gasteiger partial charge in [-0.05, 0) is 28.7 Å². The minimum atomic E-state index is -0.818. The predicted molar refractivity (Wildman–Crippen MR) is 77.0 cm³/mol. The summed E-state index contributed by atoms with van der Waals surface area (Å²) in [6, 6.07) is 16.7. The molecule has 0 fully saturated rings. The van der Waals surface area contributed by atoms with E-state index in [1.54, 1.807) is 0 Å². The van der Waals surface area contributed by atoms with Crippen LogP contribution in [0.5, 0.6) is 0 Å². The van der Waals surface area contributed by atoms with E-state index in [0.29, 0.717) is 0 Å². The first-order valence-corrected chi connectivity index (χ1v) is 7.76. The van der Waals surface area contributed by atoms with Gasteiger partial charge in [0.1, 0.15) is 0 Å². The summed E-state index contributed by atoms with van der Waals surface area (Å²) in [5.74, 6) is 0.771. The summed E-state index contributed by atoms with van der Waals surface area (Å²) >= 11 is 0. The lowest BCUT2D eigenvalue weighted by Crippen LogP contribution is -2.08. The van der Waals surface area contributed by atoms with Crippen LogP contribution < -0.4 is 0 Å². The van der Waals surface area contributed by atoms with Gasteiger partial charge in [0.05, 0.1) is 5.25 Å². The van der Waals surface area contributed by atoms with Crippen molar-refractivity contribution < 1.29 is 4.21 Å². The van der Waals surface area contributed by atoms with E-state index < -0.39 is 10.8 Å². The Morgan fingerprint density at radius 3 is 1.94 bits per heavy atom. The Hall–Kier alpha value is -1.41. The first-order chi connectivity index (χ1) is 8.83. The number of hydrogen-bond acceptors (Lipinski definition) is 1. The lowest BCUT2D eigenvalue weighted by Gasteiger charge is -2.12. The lowest BCUT2D eigenvalue weighted by molar-refractivity contribution is 0.677. The summed E-state index contributed by atoms with van der Waals surface area (Å²) in [6.07, 6.45) is 0.966. The number of rotatable bonds is 3. The Morgan fingerprint density at radius 1 is 0.944 bits per heavy atom. The van der Waals surface area contributed by atoms with Crippen molar-refractivity contribution in [1.29, 1.82) is 0 Å². The van der Waals surface area contributed by atoms with Crippen molar-refractivity contribution >= 4 is 10.8 Å². The standard InChI is InChI=1S/C16H16OS/c1-2-11-18(17)16-14-9-5-3-7-12(14)13-8-4-6-10-15(13)16/h3-10,16H,2,11H2,1H3. The smallest absolute Gasteiger partial charge is 0.0858 e. The van der Waals surface area contributed by atoms with Crippen molar-refractivity contribution in [2.75, 3.05) is 5.75 Å². The fourth-order valence-electron chi connectivity index (χ4n) is 2.71. The second kappa shape index (κ2) is 4.69. The molecule has 0 spiro atoms. The summed E-state index contributed by atoms with van der Waals surface area (Å²) in [6.45, 7) is 2.09. The highest BCUT2D eigenvalue weighted by molar-refractivity contribution is 7.85. The quantitative estimate of drug-likeness (QED) is 0.813. The van der Waals surface area contributed by atoms with Crippen LogP contribution in [-0.4, -0.2) is 9.96 Å². The third kappa shape index (κ3) is 1.72. The van der Waals surface area contributed by atoms with Crippen LogP contribution in [0.2, 0.25) is 0 Å². The summed E-state index contributed by atoms with van der Waals surface area (Å²) in [4.78, 5) is 0. The van der Waals surface area contributed by atoms with Gasteiger partial charge in [-0.25, -0.2) is 0 Å². The van der Waals surface area contributed by atoms with Crippen molar-refractivity contribution in [2.24, 2.45) is 0 Å². The third-order valence-electron chi connectivity index (χ3n) is 3.44. The van der Waals surface area contributed by atoms with Crippen LogP contribution in [0, 0.1) is 0 Å². The highest BCUT2D eigenvalue weighted by atomic mass is 32.2. The summed E-state index contributed by atoms with van der Waals surface area (Å²) in [7, 11) is -0.818. The lowest BCUT2D eigenvalue weighted by atomic mass is 10.1. The van der Waals surface area contributed by atoms with E-state index >= 15 is 0 Å². The van der Waals surface area contributed by atoms with Crippen LogP contribution in [0.1, 0.15) is 29.7 Å². The highest BCUT2D eigenvalue weighted by Gasteiger charge is 2.31. The van der Waals surface area contributed by atoms with Crippen molar-refractivity contribution in [3.63, 3.8) is 0 Å². The molecular weight excluding hydrogens is 240 g/mol. The van der Waals surface area contributed by atoms with Crippen molar-refractivity contribution in [2.45, 2.75) is 18.6 Å². The third-order valence-corrected chi connectivity index (χ3v) is 5.29. The van der Waals surface area contributed by atoms with E-state index in [4.69, 9.17) is 0 Å². The van der Waals surface area contributed by atoms with Gasteiger partial charge in [0, 0.05) is 16.6 Å². The minimum absolute atomic E-state index is 0.0670. The molecule has 3 rings (SSSR count). The second-order valence-corrected chi connectivity index (χ2v) is 6.28. The van der Waals surface area contributed by atoms with Crippen LogP contribution in [0.25, 0.3) is 11.1 Å². The fraction of sp³-hybridized carbons (Fsp3) is 0.250. The van der Waals surface area contributed by atoms with Gasteiger partial charge in [0.15, 0.2) is 0 Å². The minimum Gasteiger partial charge on any atom is -0.259 e. The molecule has 0 heterocycles. The molecule has 2 aromatic rings. The molecule has 18 heavy (non-hydrogen) atoms. The van der Waals surface area contributed by atoms with Crippen LogP contribution >= 0.6 is 0 Å².